The highest BCUT2D eigenvalue weighted by molar-refractivity contribution is 4.92. The summed E-state index contributed by atoms with van der Waals surface area (Å²) in [4.78, 5) is 2.60. The Hall–Kier alpha value is -0.120. The van der Waals surface area contributed by atoms with E-state index in [2.05, 4.69) is 31.0 Å². The van der Waals surface area contributed by atoms with Gasteiger partial charge in [0.2, 0.25) is 0 Å². The Kier molecular flexibility index (Phi) is 4.68. The molecule has 1 saturated carbocycles. The van der Waals surface area contributed by atoms with Gasteiger partial charge in [-0.2, -0.15) is 0 Å². The third kappa shape index (κ3) is 3.69. The van der Waals surface area contributed by atoms with E-state index in [0.29, 0.717) is 12.1 Å². The van der Waals surface area contributed by atoms with Gasteiger partial charge in [-0.05, 0) is 59.4 Å². The molecule has 0 aromatic heterocycles. The van der Waals surface area contributed by atoms with E-state index >= 15 is 0 Å². The first-order chi connectivity index (χ1) is 8.47. The van der Waals surface area contributed by atoms with Crippen LogP contribution >= 0.6 is 0 Å². The van der Waals surface area contributed by atoms with Crippen molar-refractivity contribution < 1.29 is 5.11 Å². The summed E-state index contributed by atoms with van der Waals surface area (Å²) in [6.07, 6.45) is 7.23. The zero-order chi connectivity index (χ0) is 13.2. The van der Waals surface area contributed by atoms with Crippen LogP contribution < -0.4 is 5.32 Å². The van der Waals surface area contributed by atoms with Gasteiger partial charge in [0, 0.05) is 24.2 Å². The second-order valence-corrected chi connectivity index (χ2v) is 7.08. The molecule has 1 aliphatic heterocycles. The van der Waals surface area contributed by atoms with E-state index in [0.717, 1.165) is 13.0 Å². The van der Waals surface area contributed by atoms with Crippen molar-refractivity contribution in [1.29, 1.82) is 0 Å². The van der Waals surface area contributed by atoms with Crippen molar-refractivity contribution in [3.63, 3.8) is 0 Å². The molecule has 0 radical (unpaired) electrons. The zero-order valence-corrected chi connectivity index (χ0v) is 12.3. The van der Waals surface area contributed by atoms with Gasteiger partial charge in [-0.1, -0.05) is 6.42 Å². The first-order valence-electron chi connectivity index (χ1n) is 7.66. The van der Waals surface area contributed by atoms with Crippen LogP contribution in [0.4, 0.5) is 0 Å². The third-order valence-corrected chi connectivity index (χ3v) is 4.41. The van der Waals surface area contributed by atoms with E-state index < -0.39 is 0 Å². The van der Waals surface area contributed by atoms with Gasteiger partial charge in [0.15, 0.2) is 0 Å². The van der Waals surface area contributed by atoms with Crippen LogP contribution in [-0.4, -0.2) is 46.8 Å². The fourth-order valence-electron chi connectivity index (χ4n) is 3.41. The second kappa shape index (κ2) is 5.89. The number of piperidine rings is 1. The normalized spacial score (nSPS) is 35.0. The molecule has 0 aromatic carbocycles. The number of rotatable bonds is 3. The fraction of sp³-hybridized carbons (Fsp3) is 1.00. The molecule has 2 aliphatic rings. The van der Waals surface area contributed by atoms with Crippen LogP contribution in [0.15, 0.2) is 0 Å². The van der Waals surface area contributed by atoms with Crippen LogP contribution in [0.25, 0.3) is 0 Å². The number of hydrogen-bond donors (Lipinski definition) is 2. The van der Waals surface area contributed by atoms with Crippen molar-refractivity contribution in [3.05, 3.63) is 0 Å². The molecule has 3 nitrogen and oxygen atoms in total. The quantitative estimate of drug-likeness (QED) is 0.810. The number of nitrogens with zero attached hydrogens (tertiary/aromatic N) is 1. The summed E-state index contributed by atoms with van der Waals surface area (Å²) in [7, 11) is 0. The molecule has 0 aromatic rings. The van der Waals surface area contributed by atoms with E-state index in [4.69, 9.17) is 0 Å². The second-order valence-electron chi connectivity index (χ2n) is 7.08. The molecule has 0 bridgehead atoms. The molecule has 0 amide bonds. The van der Waals surface area contributed by atoms with Crippen molar-refractivity contribution in [2.45, 2.75) is 83.0 Å². The molecule has 1 aliphatic carbocycles. The maximum Gasteiger partial charge on any atom is 0.0695 e. The Morgan fingerprint density at radius 3 is 2.50 bits per heavy atom. The van der Waals surface area contributed by atoms with E-state index in [1.54, 1.807) is 0 Å². The maximum absolute atomic E-state index is 10.1. The molecule has 3 heteroatoms. The number of aliphatic hydroxyl groups excluding tert-OH is 1. The summed E-state index contributed by atoms with van der Waals surface area (Å²) >= 11 is 0. The molecule has 106 valence electrons. The molecule has 3 unspecified atom stereocenters. The largest absolute Gasteiger partial charge is 0.391 e. The van der Waals surface area contributed by atoms with Crippen LogP contribution in [0.3, 0.4) is 0 Å². The number of hydrogen-bond acceptors (Lipinski definition) is 3. The maximum atomic E-state index is 10.1. The van der Waals surface area contributed by atoms with Crippen molar-refractivity contribution in [2.75, 3.05) is 13.1 Å². The van der Waals surface area contributed by atoms with Gasteiger partial charge in [-0.25, -0.2) is 0 Å². The van der Waals surface area contributed by atoms with Crippen molar-refractivity contribution in [2.24, 2.45) is 0 Å². The molecule has 2 N–H and O–H groups in total. The Bertz CT molecular complexity index is 262. The number of likely N-dealkylation sites (tertiary alicyclic amines) is 1. The number of aliphatic hydroxyl groups is 1. The molecule has 0 spiro atoms. The van der Waals surface area contributed by atoms with Gasteiger partial charge in [0.05, 0.1) is 6.10 Å². The van der Waals surface area contributed by atoms with E-state index in [-0.39, 0.29) is 11.6 Å². The summed E-state index contributed by atoms with van der Waals surface area (Å²) < 4.78 is 0. The fourth-order valence-corrected chi connectivity index (χ4v) is 3.41. The Labute approximate surface area is 112 Å². The van der Waals surface area contributed by atoms with Crippen LogP contribution in [-0.2, 0) is 0 Å². The molecule has 3 atom stereocenters. The van der Waals surface area contributed by atoms with Crippen molar-refractivity contribution in [3.8, 4) is 0 Å². The third-order valence-electron chi connectivity index (χ3n) is 4.41. The minimum absolute atomic E-state index is 0.0831. The first-order valence-corrected chi connectivity index (χ1v) is 7.66. The highest BCUT2D eigenvalue weighted by atomic mass is 16.3. The smallest absolute Gasteiger partial charge is 0.0695 e. The summed E-state index contributed by atoms with van der Waals surface area (Å²) in [6.45, 7) is 8.92. The standard InChI is InChI=1S/C15H30N2O/c1-15(2,3)16-11-12-7-4-5-10-17(12)13-8-6-9-14(13)18/h12-14,16,18H,4-11H2,1-3H3. The predicted octanol–water partition coefficient (Wildman–Crippen LogP) is 2.14. The molecular formula is C15H30N2O. The van der Waals surface area contributed by atoms with E-state index in [1.807, 2.05) is 0 Å². The van der Waals surface area contributed by atoms with Gasteiger partial charge in [-0.3, -0.25) is 4.90 Å². The van der Waals surface area contributed by atoms with Gasteiger partial charge in [-0.15, -0.1) is 0 Å². The van der Waals surface area contributed by atoms with Crippen molar-refractivity contribution in [1.82, 2.24) is 10.2 Å². The van der Waals surface area contributed by atoms with E-state index in [1.165, 1.54) is 38.6 Å². The summed E-state index contributed by atoms with van der Waals surface area (Å²) in [5.74, 6) is 0. The zero-order valence-electron chi connectivity index (χ0n) is 12.3. The van der Waals surface area contributed by atoms with Gasteiger partial charge in [0.25, 0.3) is 0 Å². The first kappa shape index (κ1) is 14.3. The van der Waals surface area contributed by atoms with Crippen LogP contribution in [0.2, 0.25) is 0 Å². The predicted molar refractivity (Wildman–Crippen MR) is 75.7 cm³/mol. The lowest BCUT2D eigenvalue weighted by Gasteiger charge is -2.42. The molecule has 1 saturated heterocycles. The summed E-state index contributed by atoms with van der Waals surface area (Å²) in [5, 5.41) is 13.8. The lowest BCUT2D eigenvalue weighted by molar-refractivity contribution is 0.0233. The van der Waals surface area contributed by atoms with Crippen molar-refractivity contribution >= 4 is 0 Å². The minimum Gasteiger partial charge on any atom is -0.391 e. The minimum atomic E-state index is -0.0831. The molecule has 18 heavy (non-hydrogen) atoms. The lowest BCUT2D eigenvalue weighted by atomic mass is 9.97. The molecular weight excluding hydrogens is 224 g/mol. The Morgan fingerprint density at radius 2 is 1.89 bits per heavy atom. The topological polar surface area (TPSA) is 35.5 Å². The SMILES string of the molecule is CC(C)(C)NCC1CCCCN1C1CCCC1O. The molecule has 2 fully saturated rings. The van der Waals surface area contributed by atoms with Crippen LogP contribution in [0.1, 0.15) is 59.3 Å². The van der Waals surface area contributed by atoms with Gasteiger partial charge < -0.3 is 10.4 Å². The average Bonchev–Trinajstić information content (AvgIpc) is 2.72. The Morgan fingerprint density at radius 1 is 1.11 bits per heavy atom. The number of nitrogens with one attached hydrogen (secondary N) is 1. The lowest BCUT2D eigenvalue weighted by Crippen LogP contribution is -2.54. The Balaban J connectivity index is 1.93. The van der Waals surface area contributed by atoms with Crippen LogP contribution in [0.5, 0.6) is 0 Å². The van der Waals surface area contributed by atoms with Gasteiger partial charge in [0.1, 0.15) is 0 Å². The molecule has 1 heterocycles. The average molecular weight is 254 g/mol. The molecule has 2 rings (SSSR count). The van der Waals surface area contributed by atoms with Gasteiger partial charge >= 0.3 is 0 Å². The monoisotopic (exact) mass is 254 g/mol. The summed E-state index contributed by atoms with van der Waals surface area (Å²) in [5.41, 5.74) is 0.192. The van der Waals surface area contributed by atoms with E-state index in [9.17, 15) is 5.11 Å². The highest BCUT2D eigenvalue weighted by Gasteiger charge is 2.35. The highest BCUT2D eigenvalue weighted by Crippen LogP contribution is 2.29. The summed E-state index contributed by atoms with van der Waals surface area (Å²) in [6, 6.07) is 1.05. The van der Waals surface area contributed by atoms with Crippen LogP contribution in [0, 0.1) is 0 Å².